The topological polar surface area (TPSA) is 117 Å². The van der Waals surface area contributed by atoms with Gasteiger partial charge in [-0.25, -0.2) is 22.4 Å². The fraction of sp³-hybridized carbons (Fsp3) is 0.263. The molecule has 0 saturated carbocycles. The number of para-hydroxylation sites is 1. The molecule has 0 radical (unpaired) electrons. The molecule has 1 aliphatic rings. The number of methoxy groups -OCH3 is 2. The number of carbonyl (C=O) groups excluding carboxylic acids is 2. The highest BCUT2D eigenvalue weighted by Gasteiger charge is 2.33. The van der Waals surface area contributed by atoms with Gasteiger partial charge < -0.3 is 18.9 Å². The molecule has 160 valence electrons. The van der Waals surface area contributed by atoms with Crippen LogP contribution in [0.2, 0.25) is 0 Å². The molecule has 3 rings (SSSR count). The maximum absolute atomic E-state index is 13.9. The molecule has 1 heterocycles. The maximum Gasteiger partial charge on any atom is 0.347 e. The highest BCUT2D eigenvalue weighted by atomic mass is 32.2. The fourth-order valence-corrected chi connectivity index (χ4v) is 3.88. The molecule has 9 nitrogen and oxygen atoms in total. The summed E-state index contributed by atoms with van der Waals surface area (Å²) >= 11 is 0. The molecule has 0 aromatic heterocycles. The number of rotatable bonds is 7. The average Bonchev–Trinajstić information content (AvgIpc) is 3.12. The molecular formula is C19H18FNO8S. The zero-order valence-corrected chi connectivity index (χ0v) is 16.8. The first-order chi connectivity index (χ1) is 14.3. The summed E-state index contributed by atoms with van der Waals surface area (Å²) in [5.41, 5.74) is -0.560. The van der Waals surface area contributed by atoms with Crippen LogP contribution in [0, 0.1) is 5.82 Å². The van der Waals surface area contributed by atoms with E-state index in [0.717, 1.165) is 18.2 Å². The summed E-state index contributed by atoms with van der Waals surface area (Å²) in [7, 11) is -1.81. The van der Waals surface area contributed by atoms with Crippen LogP contribution in [0.4, 0.5) is 10.1 Å². The number of ether oxygens (including phenoxy) is 4. The Kier molecular flexibility index (Phi) is 6.11. The zero-order chi connectivity index (χ0) is 21.9. The van der Waals surface area contributed by atoms with Crippen molar-refractivity contribution in [2.24, 2.45) is 0 Å². The van der Waals surface area contributed by atoms with Gasteiger partial charge in [0, 0.05) is 12.5 Å². The van der Waals surface area contributed by atoms with E-state index in [2.05, 4.69) is 4.72 Å². The van der Waals surface area contributed by atoms with Crippen LogP contribution in [0.15, 0.2) is 41.3 Å². The van der Waals surface area contributed by atoms with Crippen LogP contribution < -0.4 is 14.2 Å². The zero-order valence-electron chi connectivity index (χ0n) is 16.0. The number of esters is 2. The summed E-state index contributed by atoms with van der Waals surface area (Å²) in [6, 6.07) is 7.31. The Bertz CT molecular complexity index is 1090. The van der Waals surface area contributed by atoms with Crippen molar-refractivity contribution in [3.63, 3.8) is 0 Å². The van der Waals surface area contributed by atoms with E-state index in [-0.39, 0.29) is 35.8 Å². The number of hydrogen-bond donors (Lipinski definition) is 1. The van der Waals surface area contributed by atoms with Crippen molar-refractivity contribution < 1.29 is 41.3 Å². The second-order valence-electron chi connectivity index (χ2n) is 6.14. The van der Waals surface area contributed by atoms with Crippen molar-refractivity contribution in [1.82, 2.24) is 0 Å². The predicted molar refractivity (Wildman–Crippen MR) is 102 cm³/mol. The largest absolute Gasteiger partial charge is 0.493 e. The minimum absolute atomic E-state index is 0.0742. The molecule has 1 unspecified atom stereocenters. The monoisotopic (exact) mass is 439 g/mol. The highest BCUT2D eigenvalue weighted by molar-refractivity contribution is 7.92. The van der Waals surface area contributed by atoms with Crippen LogP contribution in [-0.2, 0) is 24.3 Å². The molecule has 1 aliphatic heterocycles. The van der Waals surface area contributed by atoms with Gasteiger partial charge in [0.15, 0.2) is 11.5 Å². The van der Waals surface area contributed by atoms with E-state index in [1.807, 2.05) is 0 Å². The van der Waals surface area contributed by atoms with Gasteiger partial charge in [-0.2, -0.15) is 0 Å². The van der Waals surface area contributed by atoms with E-state index in [0.29, 0.717) is 0 Å². The standard InChI is InChI=1S/C19H18FNO8S/c1-26-16-10-11(30(24,25)21-14-6-4-3-5-13(14)20)9-12(17(16)27-2)18(22)29-15-7-8-28-19(15)23/h3-6,9-10,15,21H,7-8H2,1-2H3. The highest BCUT2D eigenvalue weighted by Crippen LogP contribution is 2.35. The van der Waals surface area contributed by atoms with E-state index < -0.39 is 38.8 Å². The molecule has 2 aromatic carbocycles. The van der Waals surface area contributed by atoms with Crippen molar-refractivity contribution in [2.45, 2.75) is 17.4 Å². The molecular weight excluding hydrogens is 421 g/mol. The lowest BCUT2D eigenvalue weighted by atomic mass is 10.2. The lowest BCUT2D eigenvalue weighted by Gasteiger charge is -2.16. The van der Waals surface area contributed by atoms with E-state index in [4.69, 9.17) is 18.9 Å². The summed E-state index contributed by atoms with van der Waals surface area (Å²) < 4.78 is 61.8. The number of halogens is 1. The number of sulfonamides is 1. The van der Waals surface area contributed by atoms with Gasteiger partial charge in [0.2, 0.25) is 6.10 Å². The molecule has 1 saturated heterocycles. The number of anilines is 1. The first kappa shape index (κ1) is 21.4. The Balaban J connectivity index is 2.01. The smallest absolute Gasteiger partial charge is 0.347 e. The Morgan fingerprint density at radius 2 is 1.93 bits per heavy atom. The summed E-state index contributed by atoms with van der Waals surface area (Å²) in [6.45, 7) is 0.109. The second kappa shape index (κ2) is 8.57. The Labute approximate surface area is 171 Å². The molecule has 0 spiro atoms. The van der Waals surface area contributed by atoms with Crippen molar-refractivity contribution in [1.29, 1.82) is 0 Å². The predicted octanol–water partition coefficient (Wildman–Crippen LogP) is 2.12. The Morgan fingerprint density at radius 1 is 1.20 bits per heavy atom. The first-order valence-electron chi connectivity index (χ1n) is 8.68. The van der Waals surface area contributed by atoms with E-state index in [9.17, 15) is 22.4 Å². The third-order valence-electron chi connectivity index (χ3n) is 4.24. The van der Waals surface area contributed by atoms with Gasteiger partial charge in [-0.15, -0.1) is 0 Å². The van der Waals surface area contributed by atoms with E-state index in [1.165, 1.54) is 32.4 Å². The molecule has 30 heavy (non-hydrogen) atoms. The molecule has 0 aliphatic carbocycles. The molecule has 1 atom stereocenters. The van der Waals surface area contributed by atoms with Gasteiger partial charge in [-0.3, -0.25) is 4.72 Å². The van der Waals surface area contributed by atoms with Gasteiger partial charge >= 0.3 is 11.9 Å². The normalized spacial score (nSPS) is 16.0. The third-order valence-corrected chi connectivity index (χ3v) is 5.58. The van der Waals surface area contributed by atoms with Gasteiger partial charge in [-0.05, 0) is 18.2 Å². The van der Waals surface area contributed by atoms with Crippen LogP contribution in [0.1, 0.15) is 16.8 Å². The summed E-state index contributed by atoms with van der Waals surface area (Å²) in [6.07, 6.45) is -0.929. The Hall–Kier alpha value is -3.34. The van der Waals surface area contributed by atoms with Crippen LogP contribution >= 0.6 is 0 Å². The summed E-state index contributed by atoms with van der Waals surface area (Å²) in [4.78, 5) is 23.8. The van der Waals surface area contributed by atoms with Crippen LogP contribution in [0.3, 0.4) is 0 Å². The van der Waals surface area contributed by atoms with Crippen LogP contribution in [0.25, 0.3) is 0 Å². The second-order valence-corrected chi connectivity index (χ2v) is 7.82. The summed E-state index contributed by atoms with van der Waals surface area (Å²) in [5, 5.41) is 0. The molecule has 2 aromatic rings. The van der Waals surface area contributed by atoms with Crippen molar-refractivity contribution in [2.75, 3.05) is 25.5 Å². The van der Waals surface area contributed by atoms with E-state index >= 15 is 0 Å². The van der Waals surface area contributed by atoms with Crippen molar-refractivity contribution >= 4 is 27.6 Å². The van der Waals surface area contributed by atoms with Gasteiger partial charge in [0.1, 0.15) is 11.4 Å². The molecule has 1 N–H and O–H groups in total. The minimum atomic E-state index is -4.31. The molecule has 0 bridgehead atoms. The first-order valence-corrected chi connectivity index (χ1v) is 10.2. The lowest BCUT2D eigenvalue weighted by Crippen LogP contribution is -2.23. The number of cyclic esters (lactones) is 1. The quantitative estimate of drug-likeness (QED) is 0.652. The number of hydrogen-bond acceptors (Lipinski definition) is 8. The molecule has 1 fully saturated rings. The average molecular weight is 439 g/mol. The van der Waals surface area contributed by atoms with Crippen LogP contribution in [0.5, 0.6) is 11.5 Å². The van der Waals surface area contributed by atoms with Crippen molar-refractivity contribution in [3.8, 4) is 11.5 Å². The number of carbonyl (C=O) groups is 2. The number of nitrogens with one attached hydrogen (secondary N) is 1. The number of benzene rings is 2. The van der Waals surface area contributed by atoms with Gasteiger partial charge in [0.05, 0.1) is 31.4 Å². The van der Waals surface area contributed by atoms with Crippen LogP contribution in [-0.4, -0.2) is 47.3 Å². The van der Waals surface area contributed by atoms with Gasteiger partial charge in [0.25, 0.3) is 10.0 Å². The van der Waals surface area contributed by atoms with Crippen molar-refractivity contribution in [3.05, 3.63) is 47.8 Å². The third kappa shape index (κ3) is 4.30. The van der Waals surface area contributed by atoms with Gasteiger partial charge in [-0.1, -0.05) is 12.1 Å². The molecule has 0 amide bonds. The summed E-state index contributed by atoms with van der Waals surface area (Å²) in [5.74, 6) is -2.63. The lowest BCUT2D eigenvalue weighted by molar-refractivity contribution is -0.145. The molecule has 11 heteroatoms. The fourth-order valence-electron chi connectivity index (χ4n) is 2.77. The minimum Gasteiger partial charge on any atom is -0.493 e. The SMILES string of the molecule is COc1cc(S(=O)(=O)Nc2ccccc2F)cc(C(=O)OC2CCOC2=O)c1OC. The maximum atomic E-state index is 13.9. The van der Waals surface area contributed by atoms with E-state index in [1.54, 1.807) is 0 Å². The Morgan fingerprint density at radius 3 is 2.53 bits per heavy atom.